The van der Waals surface area contributed by atoms with Gasteiger partial charge in [-0.1, -0.05) is 0 Å². The minimum absolute atomic E-state index is 0.0202. The number of phosphoric ester groups is 1. The summed E-state index contributed by atoms with van der Waals surface area (Å²) in [5, 5.41) is 20.1. The number of aromatic amines is 1. The maximum absolute atomic E-state index is 12.7. The highest BCUT2D eigenvalue weighted by molar-refractivity contribution is 7.47. The molecular weight excluding hydrogens is 529 g/mol. The molecule has 2 fully saturated rings. The standard InChI is InChI=1S/C20H26N7O10P/c1-9-4-26(20(31)25-19(9)30)14-2-10(29)13(36-14)6-34-38(32,33)37-11-3-15(35-12(11)5-28)27-8-24-16-17(21)22-7-23-18(16)27/h4,7-8,10-15,28-29H,2-3,5-6H2,1H3,(H,32,33)(H2,21,22,23)(H,25,30,31)/t10-,11-,12+,13+,14+,15+/m0/s1. The predicted octanol–water partition coefficient (Wildman–Crippen LogP) is -1.30. The van der Waals surface area contributed by atoms with Crippen LogP contribution in [0.15, 0.2) is 28.4 Å². The Morgan fingerprint density at radius 1 is 1.18 bits per heavy atom. The lowest BCUT2D eigenvalue weighted by Gasteiger charge is -2.22. The second kappa shape index (κ2) is 10.3. The monoisotopic (exact) mass is 555 g/mol. The van der Waals surface area contributed by atoms with Crippen LogP contribution < -0.4 is 17.0 Å². The first-order chi connectivity index (χ1) is 18.1. The summed E-state index contributed by atoms with van der Waals surface area (Å²) >= 11 is 0. The van der Waals surface area contributed by atoms with Gasteiger partial charge in [-0.15, -0.1) is 0 Å². The summed E-state index contributed by atoms with van der Waals surface area (Å²) in [4.78, 5) is 48.4. The van der Waals surface area contributed by atoms with Crippen LogP contribution in [-0.4, -0.2) is 81.8 Å². The van der Waals surface area contributed by atoms with Crippen LogP contribution in [0.25, 0.3) is 11.2 Å². The number of ether oxygens (including phenoxy) is 2. The van der Waals surface area contributed by atoms with Gasteiger partial charge in [-0.05, 0) is 6.92 Å². The lowest BCUT2D eigenvalue weighted by molar-refractivity contribution is -0.0567. The molecule has 38 heavy (non-hydrogen) atoms. The summed E-state index contributed by atoms with van der Waals surface area (Å²) in [7, 11) is -4.71. The Balaban J connectivity index is 1.22. The molecule has 5 rings (SSSR count). The molecule has 1 unspecified atom stereocenters. The zero-order valence-electron chi connectivity index (χ0n) is 20.0. The van der Waals surface area contributed by atoms with Gasteiger partial charge in [0.2, 0.25) is 0 Å². The Morgan fingerprint density at radius 3 is 2.68 bits per heavy atom. The maximum Gasteiger partial charge on any atom is 0.472 e. The molecule has 2 aliphatic heterocycles. The molecule has 18 heteroatoms. The molecule has 0 aromatic carbocycles. The van der Waals surface area contributed by atoms with E-state index in [-0.39, 0.29) is 24.2 Å². The SMILES string of the molecule is Cc1cn([C@H]2C[C@H](O)[C@@H](COP(=O)(O)O[C@H]3C[C@H](n4cnc5c(N)ncnc54)O[C@@H]3CO)O2)c(=O)[nH]c1=O. The van der Waals surface area contributed by atoms with Gasteiger partial charge >= 0.3 is 13.5 Å². The molecule has 2 aliphatic rings. The Hall–Kier alpha value is -3.02. The first kappa shape index (κ1) is 26.6. The van der Waals surface area contributed by atoms with Crippen molar-refractivity contribution in [1.82, 2.24) is 29.1 Å². The van der Waals surface area contributed by atoms with E-state index in [4.69, 9.17) is 24.3 Å². The molecule has 0 aliphatic carbocycles. The van der Waals surface area contributed by atoms with Crippen LogP contribution in [0.2, 0.25) is 0 Å². The molecule has 0 radical (unpaired) electrons. The number of nitrogens with two attached hydrogens (primary N) is 1. The van der Waals surface area contributed by atoms with Crippen LogP contribution >= 0.6 is 7.82 Å². The number of aliphatic hydroxyl groups excluding tert-OH is 2. The number of fused-ring (bicyclic) bond motifs is 1. The van der Waals surface area contributed by atoms with Gasteiger partial charge < -0.3 is 30.3 Å². The number of nitrogens with one attached hydrogen (secondary N) is 1. The Bertz CT molecular complexity index is 1490. The molecule has 0 bridgehead atoms. The summed E-state index contributed by atoms with van der Waals surface area (Å²) in [6.07, 6.45) is -1.84. The Labute approximate surface area is 213 Å². The number of H-pyrrole nitrogens is 1. The molecule has 0 spiro atoms. The van der Waals surface area contributed by atoms with E-state index in [1.54, 1.807) is 4.57 Å². The van der Waals surface area contributed by atoms with Gasteiger partial charge in [0, 0.05) is 24.6 Å². The molecule has 17 nitrogen and oxygen atoms in total. The summed E-state index contributed by atoms with van der Waals surface area (Å²) < 4.78 is 37.2. The van der Waals surface area contributed by atoms with E-state index in [0.717, 1.165) is 4.57 Å². The molecule has 5 heterocycles. The summed E-state index contributed by atoms with van der Waals surface area (Å²) in [6.45, 7) is 0.464. The molecule has 6 N–H and O–H groups in total. The van der Waals surface area contributed by atoms with E-state index in [1.165, 1.54) is 25.8 Å². The van der Waals surface area contributed by atoms with Crippen molar-refractivity contribution in [1.29, 1.82) is 0 Å². The fraction of sp³-hybridized carbons (Fsp3) is 0.550. The minimum Gasteiger partial charge on any atom is -0.394 e. The van der Waals surface area contributed by atoms with Gasteiger partial charge in [-0.2, -0.15) is 0 Å². The van der Waals surface area contributed by atoms with Crippen molar-refractivity contribution in [3.05, 3.63) is 45.3 Å². The lowest BCUT2D eigenvalue weighted by Crippen LogP contribution is -2.33. The van der Waals surface area contributed by atoms with E-state index in [9.17, 15) is 29.3 Å². The number of hydrogen-bond acceptors (Lipinski definition) is 13. The number of nitrogen functional groups attached to an aromatic ring is 1. The third-order valence-electron chi connectivity index (χ3n) is 6.39. The number of phosphoric acid groups is 1. The lowest BCUT2D eigenvalue weighted by atomic mass is 10.2. The molecule has 0 amide bonds. The highest BCUT2D eigenvalue weighted by Gasteiger charge is 2.43. The van der Waals surface area contributed by atoms with Gasteiger partial charge in [-0.25, -0.2) is 24.3 Å². The minimum atomic E-state index is -4.71. The molecule has 3 aromatic heterocycles. The number of hydrogen-bond donors (Lipinski definition) is 5. The second-order valence-electron chi connectivity index (χ2n) is 8.95. The fourth-order valence-corrected chi connectivity index (χ4v) is 5.39. The molecule has 206 valence electrons. The number of nitrogens with zero attached hydrogens (tertiary/aromatic N) is 5. The Kier molecular flexibility index (Phi) is 7.19. The van der Waals surface area contributed by atoms with Crippen molar-refractivity contribution in [2.75, 3.05) is 18.9 Å². The fourth-order valence-electron chi connectivity index (χ4n) is 4.43. The van der Waals surface area contributed by atoms with Crippen LogP contribution in [0.1, 0.15) is 30.9 Å². The molecule has 2 saturated heterocycles. The normalized spacial score (nSPS) is 29.2. The van der Waals surface area contributed by atoms with E-state index in [1.807, 2.05) is 0 Å². The average Bonchev–Trinajstić information content (AvgIpc) is 3.57. The predicted molar refractivity (Wildman–Crippen MR) is 127 cm³/mol. The first-order valence-electron chi connectivity index (χ1n) is 11.6. The van der Waals surface area contributed by atoms with Gasteiger partial charge in [0.05, 0.1) is 25.6 Å². The van der Waals surface area contributed by atoms with Crippen molar-refractivity contribution in [2.45, 2.75) is 56.6 Å². The van der Waals surface area contributed by atoms with E-state index in [0.29, 0.717) is 11.2 Å². The smallest absolute Gasteiger partial charge is 0.394 e. The summed E-state index contributed by atoms with van der Waals surface area (Å²) in [5.74, 6) is 0.172. The zero-order chi connectivity index (χ0) is 27.2. The summed E-state index contributed by atoms with van der Waals surface area (Å²) in [5.41, 5.74) is 5.55. The number of aliphatic hydroxyl groups is 2. The quantitative estimate of drug-likeness (QED) is 0.203. The maximum atomic E-state index is 12.7. The van der Waals surface area contributed by atoms with Gasteiger partial charge in [-0.3, -0.25) is 28.0 Å². The number of aromatic nitrogens is 6. The largest absolute Gasteiger partial charge is 0.472 e. The van der Waals surface area contributed by atoms with Crippen LogP contribution in [-0.2, 0) is 23.1 Å². The van der Waals surface area contributed by atoms with Gasteiger partial charge in [0.1, 0.15) is 42.6 Å². The van der Waals surface area contributed by atoms with Gasteiger partial charge in [0.15, 0.2) is 11.5 Å². The third-order valence-corrected chi connectivity index (χ3v) is 7.40. The topological polar surface area (TPSA) is 239 Å². The molecule has 7 atom stereocenters. The second-order valence-corrected chi connectivity index (χ2v) is 10.4. The van der Waals surface area contributed by atoms with Crippen molar-refractivity contribution >= 4 is 24.8 Å². The molecular formula is C20H26N7O10P. The highest BCUT2D eigenvalue weighted by Crippen LogP contribution is 2.49. The number of aryl methyl sites for hydroxylation is 1. The van der Waals surface area contributed by atoms with Crippen LogP contribution in [0.3, 0.4) is 0 Å². The molecule has 0 saturated carbocycles. The van der Waals surface area contributed by atoms with Crippen molar-refractivity contribution in [2.24, 2.45) is 0 Å². The van der Waals surface area contributed by atoms with E-state index >= 15 is 0 Å². The van der Waals surface area contributed by atoms with E-state index < -0.39 is 69.2 Å². The van der Waals surface area contributed by atoms with Gasteiger partial charge in [0.25, 0.3) is 5.56 Å². The number of anilines is 1. The van der Waals surface area contributed by atoms with E-state index in [2.05, 4.69) is 19.9 Å². The van der Waals surface area contributed by atoms with Crippen molar-refractivity contribution in [3.8, 4) is 0 Å². The van der Waals surface area contributed by atoms with Crippen molar-refractivity contribution < 1.29 is 38.2 Å². The summed E-state index contributed by atoms with van der Waals surface area (Å²) in [6, 6.07) is 0. The van der Waals surface area contributed by atoms with Crippen LogP contribution in [0.4, 0.5) is 5.82 Å². The zero-order valence-corrected chi connectivity index (χ0v) is 20.9. The Morgan fingerprint density at radius 2 is 1.92 bits per heavy atom. The number of imidazole rings is 1. The third kappa shape index (κ3) is 5.14. The number of rotatable bonds is 8. The highest BCUT2D eigenvalue weighted by atomic mass is 31.2. The van der Waals surface area contributed by atoms with Crippen LogP contribution in [0, 0.1) is 6.92 Å². The average molecular weight is 555 g/mol. The van der Waals surface area contributed by atoms with Crippen molar-refractivity contribution in [3.63, 3.8) is 0 Å². The first-order valence-corrected chi connectivity index (χ1v) is 13.1. The van der Waals surface area contributed by atoms with Crippen LogP contribution in [0.5, 0.6) is 0 Å². The molecule has 3 aromatic rings.